The van der Waals surface area contributed by atoms with E-state index in [-0.39, 0.29) is 0 Å². The molecule has 1 atom stereocenters. The quantitative estimate of drug-likeness (QED) is 0.303. The second-order valence-corrected chi connectivity index (χ2v) is 4.32. The fourth-order valence-corrected chi connectivity index (χ4v) is 1.96. The number of hydrazine groups is 1. The first-order valence-electron chi connectivity index (χ1n) is 5.83. The molecule has 17 heavy (non-hydrogen) atoms. The summed E-state index contributed by atoms with van der Waals surface area (Å²) in [5.41, 5.74) is 3.59. The van der Waals surface area contributed by atoms with Crippen molar-refractivity contribution in [2.75, 3.05) is 25.5 Å². The number of nitrogens with two attached hydrogens (primary N) is 1. The molecule has 1 heterocycles. The minimum atomic E-state index is 0.322. The molecule has 0 radical (unpaired) electrons. The lowest BCUT2D eigenvalue weighted by molar-refractivity contribution is 0.411. The molecule has 1 aliphatic heterocycles. The molecule has 0 amide bonds. The number of guanidine groups is 1. The zero-order chi connectivity index (χ0) is 12.1. The van der Waals surface area contributed by atoms with Gasteiger partial charge < -0.3 is 10.2 Å². The van der Waals surface area contributed by atoms with Crippen LogP contribution in [0, 0.1) is 0 Å². The van der Waals surface area contributed by atoms with Crippen molar-refractivity contribution in [2.45, 2.75) is 12.5 Å². The van der Waals surface area contributed by atoms with E-state index < -0.39 is 0 Å². The number of para-hydroxylation sites is 1. The molecule has 5 heteroatoms. The Morgan fingerprint density at radius 1 is 1.41 bits per heavy atom. The van der Waals surface area contributed by atoms with Crippen molar-refractivity contribution in [1.29, 1.82) is 0 Å². The van der Waals surface area contributed by atoms with E-state index in [2.05, 4.69) is 27.7 Å². The summed E-state index contributed by atoms with van der Waals surface area (Å²) in [5.74, 6) is 6.10. The van der Waals surface area contributed by atoms with Crippen LogP contribution >= 0.6 is 0 Å². The number of hydrogen-bond donors (Lipinski definition) is 3. The third kappa shape index (κ3) is 3.44. The molecule has 2 rings (SSSR count). The summed E-state index contributed by atoms with van der Waals surface area (Å²) in [4.78, 5) is 6.84. The Morgan fingerprint density at radius 2 is 2.18 bits per heavy atom. The van der Waals surface area contributed by atoms with Crippen LogP contribution in [0.2, 0.25) is 0 Å². The number of rotatable bonds is 2. The van der Waals surface area contributed by atoms with Crippen LogP contribution in [-0.4, -0.2) is 37.0 Å². The first-order valence-corrected chi connectivity index (χ1v) is 5.83. The molecule has 1 saturated heterocycles. The van der Waals surface area contributed by atoms with Gasteiger partial charge in [0.25, 0.3) is 0 Å². The number of hydrogen-bond acceptors (Lipinski definition) is 3. The highest BCUT2D eigenvalue weighted by Crippen LogP contribution is 2.11. The van der Waals surface area contributed by atoms with Crippen LogP contribution in [0.3, 0.4) is 0 Å². The van der Waals surface area contributed by atoms with Crippen LogP contribution < -0.4 is 16.6 Å². The molecule has 1 aromatic carbocycles. The molecule has 1 aliphatic rings. The van der Waals surface area contributed by atoms with Gasteiger partial charge in [-0.25, -0.2) is 10.8 Å². The molecule has 0 bridgehead atoms. The normalized spacial score (nSPS) is 21.5. The van der Waals surface area contributed by atoms with Crippen LogP contribution in [0.1, 0.15) is 6.42 Å². The predicted molar refractivity (Wildman–Crippen MR) is 70.7 cm³/mol. The van der Waals surface area contributed by atoms with Crippen LogP contribution in [0.4, 0.5) is 5.69 Å². The Hall–Kier alpha value is -1.59. The number of benzene rings is 1. The lowest BCUT2D eigenvalue weighted by Crippen LogP contribution is -2.37. The third-order valence-electron chi connectivity index (χ3n) is 2.85. The molecule has 1 aromatic rings. The van der Waals surface area contributed by atoms with E-state index in [0.29, 0.717) is 12.0 Å². The second kappa shape index (κ2) is 5.65. The molecule has 0 aromatic heterocycles. The maximum absolute atomic E-state index is 5.48. The van der Waals surface area contributed by atoms with Gasteiger partial charge in [0.05, 0.1) is 6.04 Å². The number of nitrogens with one attached hydrogen (secondary N) is 2. The van der Waals surface area contributed by atoms with Crippen molar-refractivity contribution in [3.05, 3.63) is 30.3 Å². The zero-order valence-electron chi connectivity index (χ0n) is 10.1. The number of anilines is 1. The van der Waals surface area contributed by atoms with Gasteiger partial charge in [-0.3, -0.25) is 5.43 Å². The molecule has 0 aliphatic carbocycles. The van der Waals surface area contributed by atoms with Gasteiger partial charge in [0.15, 0.2) is 0 Å². The Bertz CT molecular complexity index is 376. The molecule has 4 N–H and O–H groups in total. The standard InChI is InChI=1S/C12H19N5/c1-17-8-7-11(9-17)15-12(16-13)14-10-5-3-2-4-6-10/h2-6,11H,7-9,13H2,1H3,(H2,14,15,16). The van der Waals surface area contributed by atoms with Crippen LogP contribution in [0.15, 0.2) is 35.3 Å². The largest absolute Gasteiger partial charge is 0.325 e. The van der Waals surface area contributed by atoms with Crippen LogP contribution in [0.25, 0.3) is 0 Å². The molecular formula is C12H19N5. The summed E-state index contributed by atoms with van der Waals surface area (Å²) in [5, 5.41) is 3.17. The average Bonchev–Trinajstić information content (AvgIpc) is 2.75. The predicted octanol–water partition coefficient (Wildman–Crippen LogP) is 0.622. The Labute approximate surface area is 102 Å². The van der Waals surface area contributed by atoms with Crippen LogP contribution in [0.5, 0.6) is 0 Å². The minimum absolute atomic E-state index is 0.322. The number of nitrogens with zero attached hydrogens (tertiary/aromatic N) is 2. The summed E-state index contributed by atoms with van der Waals surface area (Å²) in [6.45, 7) is 2.08. The summed E-state index contributed by atoms with van der Waals surface area (Å²) in [7, 11) is 2.11. The molecule has 0 spiro atoms. The van der Waals surface area contributed by atoms with E-state index in [1.54, 1.807) is 0 Å². The summed E-state index contributed by atoms with van der Waals surface area (Å²) < 4.78 is 0. The van der Waals surface area contributed by atoms with Gasteiger partial charge in [-0.2, -0.15) is 0 Å². The van der Waals surface area contributed by atoms with Crippen molar-refractivity contribution in [3.8, 4) is 0 Å². The lowest BCUT2D eigenvalue weighted by atomic mass is 10.3. The highest BCUT2D eigenvalue weighted by atomic mass is 15.3. The van der Waals surface area contributed by atoms with Crippen molar-refractivity contribution in [3.63, 3.8) is 0 Å². The van der Waals surface area contributed by atoms with Gasteiger partial charge in [0.2, 0.25) is 5.96 Å². The topological polar surface area (TPSA) is 65.7 Å². The summed E-state index contributed by atoms with van der Waals surface area (Å²) >= 11 is 0. The third-order valence-corrected chi connectivity index (χ3v) is 2.85. The molecule has 0 saturated carbocycles. The Balaban J connectivity index is 1.99. The van der Waals surface area contributed by atoms with Crippen molar-refractivity contribution >= 4 is 11.6 Å². The van der Waals surface area contributed by atoms with Gasteiger partial charge in [-0.15, -0.1) is 0 Å². The minimum Gasteiger partial charge on any atom is -0.325 e. The lowest BCUT2D eigenvalue weighted by Gasteiger charge is -2.12. The van der Waals surface area contributed by atoms with E-state index in [9.17, 15) is 0 Å². The van der Waals surface area contributed by atoms with Gasteiger partial charge in [0, 0.05) is 12.2 Å². The van der Waals surface area contributed by atoms with Crippen molar-refractivity contribution < 1.29 is 0 Å². The van der Waals surface area contributed by atoms with Gasteiger partial charge in [-0.05, 0) is 32.1 Å². The second-order valence-electron chi connectivity index (χ2n) is 4.32. The smallest absolute Gasteiger partial charge is 0.210 e. The Morgan fingerprint density at radius 3 is 2.76 bits per heavy atom. The average molecular weight is 233 g/mol. The van der Waals surface area contributed by atoms with E-state index in [1.807, 2.05) is 30.3 Å². The molecule has 1 unspecified atom stereocenters. The van der Waals surface area contributed by atoms with E-state index in [0.717, 1.165) is 25.2 Å². The maximum atomic E-state index is 5.48. The molecular weight excluding hydrogens is 214 g/mol. The van der Waals surface area contributed by atoms with E-state index >= 15 is 0 Å². The number of aliphatic imine (C=N–C) groups is 1. The first-order chi connectivity index (χ1) is 8.28. The maximum Gasteiger partial charge on any atom is 0.210 e. The molecule has 1 fully saturated rings. The monoisotopic (exact) mass is 233 g/mol. The Kier molecular flexibility index (Phi) is 3.95. The molecule has 92 valence electrons. The van der Waals surface area contributed by atoms with Gasteiger partial charge in [-0.1, -0.05) is 18.2 Å². The highest BCUT2D eigenvalue weighted by Gasteiger charge is 2.18. The van der Waals surface area contributed by atoms with E-state index in [4.69, 9.17) is 5.84 Å². The van der Waals surface area contributed by atoms with Crippen LogP contribution in [-0.2, 0) is 0 Å². The SMILES string of the molecule is CN1CCC(N=C(NN)Nc2ccccc2)C1. The fourth-order valence-electron chi connectivity index (χ4n) is 1.96. The summed E-state index contributed by atoms with van der Waals surface area (Å²) in [6.07, 6.45) is 1.08. The molecule has 5 nitrogen and oxygen atoms in total. The number of likely N-dealkylation sites (tertiary alicyclic amines) is 1. The summed E-state index contributed by atoms with van der Waals surface area (Å²) in [6, 6.07) is 10.2. The van der Waals surface area contributed by atoms with Gasteiger partial charge in [0.1, 0.15) is 0 Å². The first kappa shape index (κ1) is 11.9. The van der Waals surface area contributed by atoms with Gasteiger partial charge >= 0.3 is 0 Å². The van der Waals surface area contributed by atoms with Crippen molar-refractivity contribution in [2.24, 2.45) is 10.8 Å². The van der Waals surface area contributed by atoms with Crippen molar-refractivity contribution in [1.82, 2.24) is 10.3 Å². The number of likely N-dealkylation sites (N-methyl/N-ethyl adjacent to an activating group) is 1. The highest BCUT2D eigenvalue weighted by molar-refractivity contribution is 5.93. The zero-order valence-corrected chi connectivity index (χ0v) is 10.1. The van der Waals surface area contributed by atoms with E-state index in [1.165, 1.54) is 0 Å². The fraction of sp³-hybridized carbons (Fsp3) is 0.417.